The third kappa shape index (κ3) is 2.35. The van der Waals surface area contributed by atoms with E-state index in [1.54, 1.807) is 23.5 Å². The molecule has 3 rings (SSSR count). The summed E-state index contributed by atoms with van der Waals surface area (Å²) in [6.07, 6.45) is 0. The number of amides is 1. The maximum atomic E-state index is 12.2. The van der Waals surface area contributed by atoms with Crippen molar-refractivity contribution in [2.75, 3.05) is 5.32 Å². The number of nitrogens with one attached hydrogen (secondary N) is 2. The number of carbonyl (C=O) groups is 1. The minimum atomic E-state index is -0.133. The minimum Gasteiger partial charge on any atom is -0.319 e. The van der Waals surface area contributed by atoms with Gasteiger partial charge in [0.05, 0.1) is 11.4 Å². The van der Waals surface area contributed by atoms with E-state index < -0.39 is 0 Å². The standard InChI is InChI=1S/C15H13N3OS/c1-10-13(14(18-17-10)12-7-8-20-9-12)16-15(19)11-5-3-2-4-6-11/h2-9H,1H3,(H,16,19)(H,17,18). The van der Waals surface area contributed by atoms with E-state index in [0.717, 1.165) is 22.6 Å². The molecule has 4 nitrogen and oxygen atoms in total. The van der Waals surface area contributed by atoms with Crippen molar-refractivity contribution in [1.29, 1.82) is 0 Å². The molecule has 1 amide bonds. The highest BCUT2D eigenvalue weighted by Crippen LogP contribution is 2.30. The number of benzene rings is 1. The molecule has 0 aliphatic heterocycles. The van der Waals surface area contributed by atoms with Gasteiger partial charge in [-0.3, -0.25) is 9.89 Å². The number of thiophene rings is 1. The lowest BCUT2D eigenvalue weighted by atomic mass is 10.1. The third-order valence-corrected chi connectivity index (χ3v) is 3.70. The van der Waals surface area contributed by atoms with Crippen molar-refractivity contribution in [1.82, 2.24) is 10.2 Å². The molecule has 5 heteroatoms. The van der Waals surface area contributed by atoms with Crippen LogP contribution in [0, 0.1) is 6.92 Å². The predicted molar refractivity (Wildman–Crippen MR) is 81.0 cm³/mol. The zero-order valence-electron chi connectivity index (χ0n) is 10.9. The van der Waals surface area contributed by atoms with E-state index in [2.05, 4.69) is 15.5 Å². The molecular weight excluding hydrogens is 270 g/mol. The first kappa shape index (κ1) is 12.6. The number of aryl methyl sites for hydroxylation is 1. The number of hydrogen-bond donors (Lipinski definition) is 2. The number of carbonyl (C=O) groups excluding carboxylic acids is 1. The Morgan fingerprint density at radius 2 is 2.05 bits per heavy atom. The van der Waals surface area contributed by atoms with Crippen molar-refractivity contribution in [3.63, 3.8) is 0 Å². The van der Waals surface area contributed by atoms with Crippen molar-refractivity contribution in [3.05, 3.63) is 58.4 Å². The monoisotopic (exact) mass is 283 g/mol. The first-order chi connectivity index (χ1) is 9.75. The Labute approximate surface area is 120 Å². The van der Waals surface area contributed by atoms with Crippen molar-refractivity contribution < 1.29 is 4.79 Å². The molecule has 0 saturated carbocycles. The van der Waals surface area contributed by atoms with Crippen molar-refractivity contribution in [2.45, 2.75) is 6.92 Å². The largest absolute Gasteiger partial charge is 0.319 e. The SMILES string of the molecule is Cc1[nH]nc(-c2ccsc2)c1NC(=O)c1ccccc1. The third-order valence-electron chi connectivity index (χ3n) is 3.02. The highest BCUT2D eigenvalue weighted by molar-refractivity contribution is 7.08. The van der Waals surface area contributed by atoms with Gasteiger partial charge in [0.2, 0.25) is 0 Å². The van der Waals surface area contributed by atoms with Crippen LogP contribution in [0.25, 0.3) is 11.3 Å². The van der Waals surface area contributed by atoms with Crippen molar-refractivity contribution >= 4 is 22.9 Å². The van der Waals surface area contributed by atoms with Gasteiger partial charge in [-0.1, -0.05) is 18.2 Å². The molecule has 0 bridgehead atoms. The second-order valence-corrected chi connectivity index (χ2v) is 5.18. The molecule has 3 aromatic rings. The summed E-state index contributed by atoms with van der Waals surface area (Å²) in [6.45, 7) is 1.89. The number of rotatable bonds is 3. The fourth-order valence-corrected chi connectivity index (χ4v) is 2.61. The average Bonchev–Trinajstić information content (AvgIpc) is 3.11. The van der Waals surface area contributed by atoms with Crippen LogP contribution >= 0.6 is 11.3 Å². The van der Waals surface area contributed by atoms with Gasteiger partial charge in [-0.25, -0.2) is 0 Å². The molecule has 0 radical (unpaired) electrons. The van der Waals surface area contributed by atoms with Gasteiger partial charge in [-0.15, -0.1) is 0 Å². The molecule has 0 fully saturated rings. The molecule has 0 aliphatic carbocycles. The van der Waals surface area contributed by atoms with E-state index in [-0.39, 0.29) is 5.91 Å². The Morgan fingerprint density at radius 3 is 2.75 bits per heavy atom. The lowest BCUT2D eigenvalue weighted by molar-refractivity contribution is 0.102. The average molecular weight is 283 g/mol. The Balaban J connectivity index is 1.92. The van der Waals surface area contributed by atoms with Gasteiger partial charge in [-0.05, 0) is 30.5 Å². The number of hydrogen-bond acceptors (Lipinski definition) is 3. The van der Waals surface area contributed by atoms with Crippen LogP contribution in [-0.2, 0) is 0 Å². The molecule has 2 aromatic heterocycles. The van der Waals surface area contributed by atoms with E-state index in [4.69, 9.17) is 0 Å². The topological polar surface area (TPSA) is 57.8 Å². The number of H-pyrrole nitrogens is 1. The maximum Gasteiger partial charge on any atom is 0.255 e. The molecule has 0 unspecified atom stereocenters. The molecule has 0 saturated heterocycles. The molecule has 0 atom stereocenters. The summed E-state index contributed by atoms with van der Waals surface area (Å²) < 4.78 is 0. The molecular formula is C15H13N3OS. The predicted octanol–water partition coefficient (Wildman–Crippen LogP) is 3.70. The maximum absolute atomic E-state index is 12.2. The number of aromatic nitrogens is 2. The van der Waals surface area contributed by atoms with Gasteiger partial charge in [0.25, 0.3) is 5.91 Å². The molecule has 0 aliphatic rings. The summed E-state index contributed by atoms with van der Waals surface area (Å²) in [4.78, 5) is 12.2. The van der Waals surface area contributed by atoms with Crippen LogP contribution in [0.3, 0.4) is 0 Å². The van der Waals surface area contributed by atoms with E-state index >= 15 is 0 Å². The van der Waals surface area contributed by atoms with Gasteiger partial charge >= 0.3 is 0 Å². The molecule has 100 valence electrons. The van der Waals surface area contributed by atoms with Gasteiger partial charge in [0, 0.05) is 16.5 Å². The Bertz CT molecular complexity index is 717. The van der Waals surface area contributed by atoms with Crippen LogP contribution in [0.5, 0.6) is 0 Å². The lowest BCUT2D eigenvalue weighted by Crippen LogP contribution is -2.12. The minimum absolute atomic E-state index is 0.133. The summed E-state index contributed by atoms with van der Waals surface area (Å²) in [5.74, 6) is -0.133. The van der Waals surface area contributed by atoms with Gasteiger partial charge in [0.15, 0.2) is 0 Å². The van der Waals surface area contributed by atoms with E-state index in [1.165, 1.54) is 0 Å². The highest BCUT2D eigenvalue weighted by Gasteiger charge is 2.15. The zero-order valence-corrected chi connectivity index (χ0v) is 11.7. The molecule has 20 heavy (non-hydrogen) atoms. The highest BCUT2D eigenvalue weighted by atomic mass is 32.1. The Hall–Kier alpha value is -2.40. The van der Waals surface area contributed by atoms with Gasteiger partial charge < -0.3 is 5.32 Å². The van der Waals surface area contributed by atoms with Crippen molar-refractivity contribution in [2.24, 2.45) is 0 Å². The van der Waals surface area contributed by atoms with Gasteiger partial charge in [0.1, 0.15) is 5.69 Å². The lowest BCUT2D eigenvalue weighted by Gasteiger charge is -2.06. The first-order valence-electron chi connectivity index (χ1n) is 6.19. The number of aromatic amines is 1. The fourth-order valence-electron chi connectivity index (χ4n) is 1.97. The Morgan fingerprint density at radius 1 is 1.25 bits per heavy atom. The van der Waals surface area contributed by atoms with Crippen LogP contribution in [0.4, 0.5) is 5.69 Å². The van der Waals surface area contributed by atoms with Crippen LogP contribution < -0.4 is 5.32 Å². The summed E-state index contributed by atoms with van der Waals surface area (Å²) in [5.41, 5.74) is 3.98. The van der Waals surface area contributed by atoms with Crippen LogP contribution in [0.15, 0.2) is 47.2 Å². The summed E-state index contributed by atoms with van der Waals surface area (Å²) >= 11 is 1.60. The normalized spacial score (nSPS) is 10.4. The fraction of sp³-hybridized carbons (Fsp3) is 0.0667. The summed E-state index contributed by atoms with van der Waals surface area (Å²) in [7, 11) is 0. The van der Waals surface area contributed by atoms with E-state index in [9.17, 15) is 4.79 Å². The quantitative estimate of drug-likeness (QED) is 0.770. The van der Waals surface area contributed by atoms with Crippen molar-refractivity contribution in [3.8, 4) is 11.3 Å². The molecule has 2 heterocycles. The van der Waals surface area contributed by atoms with Gasteiger partial charge in [-0.2, -0.15) is 16.4 Å². The second kappa shape index (κ2) is 5.30. The first-order valence-corrected chi connectivity index (χ1v) is 7.14. The van der Waals surface area contributed by atoms with Crippen LogP contribution in [-0.4, -0.2) is 16.1 Å². The number of nitrogens with zero attached hydrogens (tertiary/aromatic N) is 1. The summed E-state index contributed by atoms with van der Waals surface area (Å²) in [5, 5.41) is 14.1. The smallest absolute Gasteiger partial charge is 0.255 e. The zero-order chi connectivity index (χ0) is 13.9. The molecule has 1 aromatic carbocycles. The molecule has 0 spiro atoms. The van der Waals surface area contributed by atoms with Crippen LogP contribution in [0.2, 0.25) is 0 Å². The Kier molecular flexibility index (Phi) is 3.35. The molecule has 2 N–H and O–H groups in total. The second-order valence-electron chi connectivity index (χ2n) is 4.40. The van der Waals surface area contributed by atoms with E-state index in [0.29, 0.717) is 5.56 Å². The summed E-state index contributed by atoms with van der Waals surface area (Å²) in [6, 6.07) is 11.1. The van der Waals surface area contributed by atoms with E-state index in [1.807, 2.05) is 41.9 Å². The van der Waals surface area contributed by atoms with Crippen LogP contribution in [0.1, 0.15) is 16.1 Å². The number of anilines is 1.